The minimum atomic E-state index is -0.619. The minimum Gasteiger partial charge on any atom is -0.398 e. The van der Waals surface area contributed by atoms with Crippen LogP contribution in [0.2, 0.25) is 0 Å². The molecule has 0 heterocycles. The summed E-state index contributed by atoms with van der Waals surface area (Å²) in [6, 6.07) is 4.15. The highest BCUT2D eigenvalue weighted by Crippen LogP contribution is 2.36. The smallest absolute Gasteiger partial charge is 0.123 e. The van der Waals surface area contributed by atoms with Gasteiger partial charge in [-0.15, -0.1) is 0 Å². The second-order valence-electron chi connectivity index (χ2n) is 4.32. The van der Waals surface area contributed by atoms with Crippen LogP contribution in [0.25, 0.3) is 0 Å². The van der Waals surface area contributed by atoms with Crippen molar-refractivity contribution >= 4 is 5.69 Å². The van der Waals surface area contributed by atoms with Crippen LogP contribution in [0.15, 0.2) is 18.2 Å². The molecule has 1 aliphatic rings. The van der Waals surface area contributed by atoms with Crippen LogP contribution >= 0.6 is 0 Å². The molecule has 1 saturated carbocycles. The minimum absolute atomic E-state index is 0.341. The van der Waals surface area contributed by atoms with E-state index in [2.05, 4.69) is 0 Å². The first-order valence-electron chi connectivity index (χ1n) is 5.40. The van der Waals surface area contributed by atoms with Crippen LogP contribution in [0.3, 0.4) is 0 Å². The third-order valence-electron chi connectivity index (χ3n) is 3.19. The molecule has 1 atom stereocenters. The monoisotopic (exact) mass is 209 g/mol. The SMILES string of the molecule is Nc1ccc(F)cc1C(O)CC1CCC1. The van der Waals surface area contributed by atoms with Crippen molar-refractivity contribution in [1.29, 1.82) is 0 Å². The molecule has 1 fully saturated rings. The number of hydrogen-bond donors (Lipinski definition) is 2. The number of anilines is 1. The highest BCUT2D eigenvalue weighted by atomic mass is 19.1. The first kappa shape index (κ1) is 10.4. The van der Waals surface area contributed by atoms with Crippen molar-refractivity contribution in [2.24, 2.45) is 5.92 Å². The van der Waals surface area contributed by atoms with Gasteiger partial charge in [0, 0.05) is 11.3 Å². The van der Waals surface area contributed by atoms with Crippen LogP contribution in [-0.2, 0) is 0 Å². The molecule has 1 aromatic rings. The molecule has 0 spiro atoms. The van der Waals surface area contributed by atoms with Gasteiger partial charge in [-0.2, -0.15) is 0 Å². The van der Waals surface area contributed by atoms with Gasteiger partial charge in [0.05, 0.1) is 6.10 Å². The van der Waals surface area contributed by atoms with Crippen molar-refractivity contribution in [3.63, 3.8) is 0 Å². The molecule has 0 saturated heterocycles. The Kier molecular flexibility index (Phi) is 2.91. The Morgan fingerprint density at radius 1 is 1.47 bits per heavy atom. The van der Waals surface area contributed by atoms with Crippen molar-refractivity contribution in [2.75, 3.05) is 5.73 Å². The summed E-state index contributed by atoms with van der Waals surface area (Å²) in [6.07, 6.45) is 3.67. The van der Waals surface area contributed by atoms with Gasteiger partial charge in [-0.25, -0.2) is 4.39 Å². The number of hydrogen-bond acceptors (Lipinski definition) is 2. The summed E-state index contributed by atoms with van der Waals surface area (Å²) in [5.41, 5.74) is 6.70. The summed E-state index contributed by atoms with van der Waals surface area (Å²) in [6.45, 7) is 0. The van der Waals surface area contributed by atoms with Gasteiger partial charge >= 0.3 is 0 Å². The van der Waals surface area contributed by atoms with Gasteiger partial charge in [0.15, 0.2) is 0 Å². The lowest BCUT2D eigenvalue weighted by Crippen LogP contribution is -2.15. The third-order valence-corrected chi connectivity index (χ3v) is 3.19. The maximum atomic E-state index is 13.0. The molecule has 0 aliphatic heterocycles. The first-order chi connectivity index (χ1) is 7.16. The van der Waals surface area contributed by atoms with Crippen LogP contribution in [0.4, 0.5) is 10.1 Å². The van der Waals surface area contributed by atoms with E-state index in [4.69, 9.17) is 5.73 Å². The second-order valence-corrected chi connectivity index (χ2v) is 4.32. The quantitative estimate of drug-likeness (QED) is 0.752. The lowest BCUT2D eigenvalue weighted by molar-refractivity contribution is 0.119. The molecule has 0 bridgehead atoms. The Bertz CT molecular complexity index is 349. The number of nitrogen functional groups attached to an aromatic ring is 1. The van der Waals surface area contributed by atoms with Gasteiger partial charge < -0.3 is 10.8 Å². The Balaban J connectivity index is 2.09. The van der Waals surface area contributed by atoms with E-state index < -0.39 is 6.10 Å². The van der Waals surface area contributed by atoms with E-state index in [1.165, 1.54) is 37.5 Å². The fourth-order valence-electron chi connectivity index (χ4n) is 2.01. The highest BCUT2D eigenvalue weighted by Gasteiger charge is 2.22. The van der Waals surface area contributed by atoms with Gasteiger partial charge in [0.1, 0.15) is 5.82 Å². The molecule has 0 aromatic heterocycles. The molecule has 3 heteroatoms. The fourth-order valence-corrected chi connectivity index (χ4v) is 2.01. The average Bonchev–Trinajstić information content (AvgIpc) is 2.15. The Labute approximate surface area is 88.9 Å². The lowest BCUT2D eigenvalue weighted by atomic mass is 9.80. The summed E-state index contributed by atoms with van der Waals surface area (Å²) in [4.78, 5) is 0. The number of benzene rings is 1. The zero-order valence-electron chi connectivity index (χ0n) is 8.62. The normalized spacial score (nSPS) is 18.5. The van der Waals surface area contributed by atoms with Crippen LogP contribution in [0, 0.1) is 11.7 Å². The predicted octanol–water partition coefficient (Wildman–Crippen LogP) is 2.63. The molecule has 0 amide bonds. The van der Waals surface area contributed by atoms with Crippen LogP contribution < -0.4 is 5.73 Å². The summed E-state index contributed by atoms with van der Waals surface area (Å²) in [5.74, 6) is 0.245. The standard InChI is InChI=1S/C12H16FNO/c13-9-4-5-11(14)10(7-9)12(15)6-8-2-1-3-8/h4-5,7-8,12,15H,1-3,6,14H2. The average molecular weight is 209 g/mol. The zero-order chi connectivity index (χ0) is 10.8. The van der Waals surface area contributed by atoms with Crippen molar-refractivity contribution in [2.45, 2.75) is 31.8 Å². The molecule has 1 aromatic carbocycles. The van der Waals surface area contributed by atoms with E-state index in [1.54, 1.807) is 0 Å². The number of nitrogens with two attached hydrogens (primary N) is 1. The van der Waals surface area contributed by atoms with Crippen LogP contribution in [0.5, 0.6) is 0 Å². The van der Waals surface area contributed by atoms with Crippen molar-refractivity contribution in [3.8, 4) is 0 Å². The van der Waals surface area contributed by atoms with E-state index >= 15 is 0 Å². The molecule has 1 aliphatic carbocycles. The topological polar surface area (TPSA) is 46.2 Å². The third kappa shape index (κ3) is 2.29. The van der Waals surface area contributed by atoms with Gasteiger partial charge in [0.2, 0.25) is 0 Å². The molecule has 3 N–H and O–H groups in total. The maximum Gasteiger partial charge on any atom is 0.123 e. The van der Waals surface area contributed by atoms with Crippen LogP contribution in [-0.4, -0.2) is 5.11 Å². The van der Waals surface area contributed by atoms with E-state index in [-0.39, 0.29) is 5.82 Å². The number of rotatable bonds is 3. The molecule has 15 heavy (non-hydrogen) atoms. The zero-order valence-corrected chi connectivity index (χ0v) is 8.62. The Morgan fingerprint density at radius 2 is 2.20 bits per heavy atom. The fraction of sp³-hybridized carbons (Fsp3) is 0.500. The Morgan fingerprint density at radius 3 is 2.80 bits per heavy atom. The van der Waals surface area contributed by atoms with E-state index in [0.717, 1.165) is 0 Å². The number of aliphatic hydroxyl groups is 1. The Hall–Kier alpha value is -1.09. The van der Waals surface area contributed by atoms with E-state index in [0.29, 0.717) is 23.6 Å². The van der Waals surface area contributed by atoms with Gasteiger partial charge in [-0.3, -0.25) is 0 Å². The summed E-state index contributed by atoms with van der Waals surface area (Å²) < 4.78 is 13.0. The lowest BCUT2D eigenvalue weighted by Gasteiger charge is -2.28. The molecule has 1 unspecified atom stereocenters. The largest absolute Gasteiger partial charge is 0.398 e. The molecular formula is C12H16FNO. The van der Waals surface area contributed by atoms with Crippen LogP contribution in [0.1, 0.15) is 37.4 Å². The van der Waals surface area contributed by atoms with Crippen molar-refractivity contribution in [3.05, 3.63) is 29.6 Å². The predicted molar refractivity (Wildman–Crippen MR) is 57.7 cm³/mol. The molecule has 2 rings (SSSR count). The van der Waals surface area contributed by atoms with Gasteiger partial charge in [-0.05, 0) is 30.5 Å². The van der Waals surface area contributed by atoms with E-state index in [1.807, 2.05) is 0 Å². The molecule has 82 valence electrons. The summed E-state index contributed by atoms with van der Waals surface area (Å²) in [7, 11) is 0. The van der Waals surface area contributed by atoms with Crippen molar-refractivity contribution < 1.29 is 9.50 Å². The second kappa shape index (κ2) is 4.19. The molecular weight excluding hydrogens is 193 g/mol. The number of aliphatic hydroxyl groups excluding tert-OH is 1. The van der Waals surface area contributed by atoms with E-state index in [9.17, 15) is 9.50 Å². The maximum absolute atomic E-state index is 13.0. The molecule has 2 nitrogen and oxygen atoms in total. The summed E-state index contributed by atoms with van der Waals surface area (Å²) >= 11 is 0. The highest BCUT2D eigenvalue weighted by molar-refractivity contribution is 5.47. The van der Waals surface area contributed by atoms with Gasteiger partial charge in [0.25, 0.3) is 0 Å². The molecule has 0 radical (unpaired) electrons. The van der Waals surface area contributed by atoms with Gasteiger partial charge in [-0.1, -0.05) is 19.3 Å². The first-order valence-corrected chi connectivity index (χ1v) is 5.40. The van der Waals surface area contributed by atoms with Crippen molar-refractivity contribution in [1.82, 2.24) is 0 Å². The number of halogens is 1. The summed E-state index contributed by atoms with van der Waals surface area (Å²) in [5, 5.41) is 9.91.